The van der Waals surface area contributed by atoms with Crippen molar-refractivity contribution >= 4 is 15.7 Å². The molecule has 2 aromatic carbocycles. The zero-order valence-corrected chi connectivity index (χ0v) is 19.1. The fraction of sp³-hybridized carbons (Fsp3) is 0.217. The third-order valence-electron chi connectivity index (χ3n) is 5.33. The maximum Gasteiger partial charge on any atom is 0.265 e. The highest BCUT2D eigenvalue weighted by Crippen LogP contribution is 2.28. The summed E-state index contributed by atoms with van der Waals surface area (Å²) in [5.41, 5.74) is 4.03. The van der Waals surface area contributed by atoms with E-state index in [9.17, 15) is 12.8 Å². The number of benzene rings is 2. The first-order chi connectivity index (χ1) is 15.2. The topological polar surface area (TPSA) is 81.8 Å². The molecule has 0 radical (unpaired) electrons. The van der Waals surface area contributed by atoms with Crippen molar-refractivity contribution in [1.29, 1.82) is 0 Å². The molecule has 2 heterocycles. The van der Waals surface area contributed by atoms with E-state index in [1.807, 2.05) is 30.3 Å². The quantitative estimate of drug-likeness (QED) is 0.472. The number of hydrogen-bond acceptors (Lipinski definition) is 4. The van der Waals surface area contributed by atoms with Crippen molar-refractivity contribution in [3.05, 3.63) is 88.8 Å². The highest BCUT2D eigenvalue weighted by atomic mass is 32.2. The summed E-state index contributed by atoms with van der Waals surface area (Å²) >= 11 is 0. The van der Waals surface area contributed by atoms with Crippen molar-refractivity contribution in [3.8, 4) is 5.69 Å². The van der Waals surface area contributed by atoms with E-state index in [0.29, 0.717) is 35.0 Å². The molecular formula is C23H24FN5O2S. The molecule has 0 bridgehead atoms. The van der Waals surface area contributed by atoms with Crippen LogP contribution in [-0.4, -0.2) is 28.0 Å². The second-order valence-corrected chi connectivity index (χ2v) is 9.31. The highest BCUT2D eigenvalue weighted by Gasteiger charge is 2.27. The summed E-state index contributed by atoms with van der Waals surface area (Å²) in [4.78, 5) is 0.137. The van der Waals surface area contributed by atoms with Crippen LogP contribution in [0.1, 0.15) is 28.3 Å². The van der Waals surface area contributed by atoms with Crippen LogP contribution in [0.5, 0.6) is 0 Å². The monoisotopic (exact) mass is 453 g/mol. The molecule has 0 saturated heterocycles. The van der Waals surface area contributed by atoms with Crippen molar-refractivity contribution < 1.29 is 12.8 Å². The molecule has 0 aliphatic rings. The van der Waals surface area contributed by atoms with Gasteiger partial charge in [0.05, 0.1) is 40.7 Å². The fourth-order valence-corrected chi connectivity index (χ4v) is 5.40. The molecule has 0 spiro atoms. The third-order valence-corrected chi connectivity index (χ3v) is 6.93. The van der Waals surface area contributed by atoms with Crippen LogP contribution in [-0.2, 0) is 16.6 Å². The van der Waals surface area contributed by atoms with Gasteiger partial charge in [-0.05, 0) is 57.5 Å². The Kier molecular flexibility index (Phi) is 5.60. The van der Waals surface area contributed by atoms with Gasteiger partial charge in [0, 0.05) is 0 Å². The van der Waals surface area contributed by atoms with Gasteiger partial charge in [-0.3, -0.25) is 9.40 Å². The maximum absolute atomic E-state index is 13.5. The molecule has 0 atom stereocenters. The van der Waals surface area contributed by atoms with E-state index < -0.39 is 10.0 Å². The lowest BCUT2D eigenvalue weighted by atomic mass is 10.2. The minimum absolute atomic E-state index is 0.137. The van der Waals surface area contributed by atoms with Crippen LogP contribution in [0.15, 0.2) is 59.5 Å². The van der Waals surface area contributed by atoms with Crippen LogP contribution >= 0.6 is 0 Å². The summed E-state index contributed by atoms with van der Waals surface area (Å²) < 4.78 is 46.2. The molecule has 0 aliphatic heterocycles. The summed E-state index contributed by atoms with van der Waals surface area (Å²) in [7, 11) is -3.92. The first kappa shape index (κ1) is 21.8. The standard InChI is InChI=1S/C23H24FN5O2S/c1-15-22(17(3)28(25-15)14-19-9-8-10-20(24)13-19)27-32(30,31)23-16(2)26-29(18(23)4)21-11-6-5-7-12-21/h5-13,27H,14H2,1-4H3. The molecule has 0 saturated carbocycles. The van der Waals surface area contributed by atoms with E-state index in [4.69, 9.17) is 0 Å². The fourth-order valence-electron chi connectivity index (χ4n) is 3.83. The Hall–Kier alpha value is -3.46. The molecular weight excluding hydrogens is 429 g/mol. The van der Waals surface area contributed by atoms with Crippen molar-refractivity contribution in [3.63, 3.8) is 0 Å². The van der Waals surface area contributed by atoms with E-state index in [-0.39, 0.29) is 10.7 Å². The average molecular weight is 454 g/mol. The van der Waals surface area contributed by atoms with E-state index in [2.05, 4.69) is 14.9 Å². The minimum atomic E-state index is -3.92. The van der Waals surface area contributed by atoms with Crippen molar-refractivity contribution in [2.24, 2.45) is 0 Å². The number of nitrogens with one attached hydrogen (secondary N) is 1. The van der Waals surface area contributed by atoms with Gasteiger partial charge in [0.2, 0.25) is 0 Å². The van der Waals surface area contributed by atoms with Gasteiger partial charge in [0.25, 0.3) is 10.0 Å². The number of aromatic nitrogens is 4. The number of sulfonamides is 1. The number of hydrogen-bond donors (Lipinski definition) is 1. The van der Waals surface area contributed by atoms with Gasteiger partial charge < -0.3 is 0 Å². The number of halogens is 1. The van der Waals surface area contributed by atoms with Crippen LogP contribution < -0.4 is 4.72 Å². The Balaban J connectivity index is 1.68. The average Bonchev–Trinajstić information content (AvgIpc) is 3.18. The zero-order chi connectivity index (χ0) is 23.0. The van der Waals surface area contributed by atoms with E-state index >= 15 is 0 Å². The first-order valence-electron chi connectivity index (χ1n) is 10.1. The molecule has 1 N–H and O–H groups in total. The van der Waals surface area contributed by atoms with Gasteiger partial charge in [-0.1, -0.05) is 30.3 Å². The lowest BCUT2D eigenvalue weighted by Crippen LogP contribution is -2.16. The molecule has 0 fully saturated rings. The van der Waals surface area contributed by atoms with Crippen molar-refractivity contribution in [2.75, 3.05) is 4.72 Å². The molecule has 4 aromatic rings. The molecule has 2 aromatic heterocycles. The van der Waals surface area contributed by atoms with Crippen molar-refractivity contribution in [2.45, 2.75) is 39.1 Å². The van der Waals surface area contributed by atoms with Gasteiger partial charge in [-0.2, -0.15) is 10.2 Å². The normalized spacial score (nSPS) is 11.7. The molecule has 32 heavy (non-hydrogen) atoms. The molecule has 0 amide bonds. The summed E-state index contributed by atoms with van der Waals surface area (Å²) in [6.07, 6.45) is 0. The number of rotatable bonds is 6. The van der Waals surface area contributed by atoms with E-state index in [1.165, 1.54) is 12.1 Å². The number of para-hydroxylation sites is 1. The van der Waals surface area contributed by atoms with Gasteiger partial charge in [-0.25, -0.2) is 17.5 Å². The van der Waals surface area contributed by atoms with E-state index in [0.717, 1.165) is 11.3 Å². The van der Waals surface area contributed by atoms with Crippen LogP contribution in [0.4, 0.5) is 10.1 Å². The molecule has 166 valence electrons. The Labute approximate surface area is 186 Å². The zero-order valence-electron chi connectivity index (χ0n) is 18.3. The predicted molar refractivity (Wildman–Crippen MR) is 121 cm³/mol. The Bertz CT molecular complexity index is 1390. The van der Waals surface area contributed by atoms with Crippen LogP contribution in [0, 0.1) is 33.5 Å². The summed E-state index contributed by atoms with van der Waals surface area (Å²) in [6.45, 7) is 7.25. The maximum atomic E-state index is 13.5. The smallest absolute Gasteiger partial charge is 0.265 e. The minimum Gasteiger partial charge on any atom is -0.276 e. The third kappa shape index (κ3) is 4.03. The Morgan fingerprint density at radius 3 is 2.31 bits per heavy atom. The molecule has 9 heteroatoms. The van der Waals surface area contributed by atoms with Gasteiger partial charge in [0.1, 0.15) is 10.7 Å². The SMILES string of the molecule is Cc1nn(Cc2cccc(F)c2)c(C)c1NS(=O)(=O)c1c(C)nn(-c2ccccc2)c1C. The van der Waals surface area contributed by atoms with E-state index in [1.54, 1.807) is 49.2 Å². The summed E-state index contributed by atoms with van der Waals surface area (Å²) in [6, 6.07) is 15.6. The number of anilines is 1. The predicted octanol–water partition coefficient (Wildman–Crippen LogP) is 4.29. The lowest BCUT2D eigenvalue weighted by Gasteiger charge is -2.10. The van der Waals surface area contributed by atoms with Gasteiger partial charge in [-0.15, -0.1) is 0 Å². The molecule has 7 nitrogen and oxygen atoms in total. The summed E-state index contributed by atoms with van der Waals surface area (Å²) in [5.74, 6) is -0.327. The molecule has 0 aliphatic carbocycles. The second kappa shape index (κ2) is 8.23. The molecule has 4 rings (SSSR count). The van der Waals surface area contributed by atoms with Crippen LogP contribution in [0.2, 0.25) is 0 Å². The van der Waals surface area contributed by atoms with Crippen LogP contribution in [0.25, 0.3) is 5.69 Å². The number of aryl methyl sites for hydroxylation is 2. The lowest BCUT2D eigenvalue weighted by molar-refractivity contribution is 0.600. The summed E-state index contributed by atoms with van der Waals surface area (Å²) in [5, 5.41) is 8.90. The first-order valence-corrected chi connectivity index (χ1v) is 11.6. The second-order valence-electron chi connectivity index (χ2n) is 7.69. The van der Waals surface area contributed by atoms with Gasteiger partial charge >= 0.3 is 0 Å². The largest absolute Gasteiger partial charge is 0.276 e. The Morgan fingerprint density at radius 2 is 1.62 bits per heavy atom. The van der Waals surface area contributed by atoms with Gasteiger partial charge in [0.15, 0.2) is 0 Å². The van der Waals surface area contributed by atoms with Crippen LogP contribution in [0.3, 0.4) is 0 Å². The number of nitrogens with zero attached hydrogens (tertiary/aromatic N) is 4. The highest BCUT2D eigenvalue weighted by molar-refractivity contribution is 7.92. The molecule has 0 unspecified atom stereocenters. The Morgan fingerprint density at radius 1 is 0.906 bits per heavy atom. The van der Waals surface area contributed by atoms with Crippen molar-refractivity contribution in [1.82, 2.24) is 19.6 Å².